The minimum Gasteiger partial charge on any atom is -0.454 e. The summed E-state index contributed by atoms with van der Waals surface area (Å²) in [6.07, 6.45) is 0.0435. The Hall–Kier alpha value is -4.73. The molecule has 8 rings (SSSR count). The van der Waals surface area contributed by atoms with Gasteiger partial charge in [-0.1, -0.05) is 48.5 Å². The van der Waals surface area contributed by atoms with Crippen LogP contribution in [0.2, 0.25) is 0 Å². The maximum atomic E-state index is 11.6. The normalized spacial score (nSPS) is 22.6. The molecule has 4 aromatic rings. The number of fused-ring (bicyclic) bond motifs is 3. The summed E-state index contributed by atoms with van der Waals surface area (Å²) < 4.78 is 34.2. The summed E-state index contributed by atoms with van der Waals surface area (Å²) in [5, 5.41) is 5.48. The van der Waals surface area contributed by atoms with E-state index in [0.29, 0.717) is 25.0 Å². The number of anilines is 2. The van der Waals surface area contributed by atoms with Gasteiger partial charge in [-0.05, 0) is 59.7 Å². The zero-order chi connectivity index (χ0) is 28.3. The van der Waals surface area contributed by atoms with Gasteiger partial charge in [0.15, 0.2) is 23.0 Å². The van der Waals surface area contributed by atoms with Crippen LogP contribution in [-0.4, -0.2) is 32.8 Å². The first-order valence-electron chi connectivity index (χ1n) is 13.9. The van der Waals surface area contributed by atoms with Crippen LogP contribution in [0.5, 0.6) is 23.0 Å². The van der Waals surface area contributed by atoms with E-state index in [-0.39, 0.29) is 31.8 Å². The van der Waals surface area contributed by atoms with E-state index in [1.165, 1.54) is 0 Å². The number of hydrogen-bond donors (Lipinski definition) is 2. The Morgan fingerprint density at radius 3 is 1.43 bits per heavy atom. The third-order valence-electron chi connectivity index (χ3n) is 7.78. The largest absolute Gasteiger partial charge is 0.454 e. The van der Waals surface area contributed by atoms with E-state index < -0.39 is 0 Å². The number of para-hydroxylation sites is 2. The molecule has 2 saturated heterocycles. The average Bonchev–Trinajstić information content (AvgIpc) is 3.82. The van der Waals surface area contributed by atoms with E-state index >= 15 is 0 Å². The number of amides is 2. The Morgan fingerprint density at radius 1 is 0.548 bits per heavy atom. The van der Waals surface area contributed by atoms with E-state index in [2.05, 4.69) is 22.8 Å². The predicted molar refractivity (Wildman–Crippen MR) is 155 cm³/mol. The highest BCUT2D eigenvalue weighted by Gasteiger charge is 2.48. The first-order chi connectivity index (χ1) is 20.7. The quantitative estimate of drug-likeness (QED) is 0.289. The summed E-state index contributed by atoms with van der Waals surface area (Å²) in [5.74, 6) is 3.83. The van der Waals surface area contributed by atoms with Crippen LogP contribution >= 0.6 is 0 Å². The zero-order valence-electron chi connectivity index (χ0n) is 22.7. The van der Waals surface area contributed by atoms with Gasteiger partial charge in [0.1, 0.15) is 0 Å². The van der Waals surface area contributed by atoms with Crippen LogP contribution < -0.4 is 29.6 Å². The lowest BCUT2D eigenvalue weighted by Crippen LogP contribution is -2.19. The first kappa shape index (κ1) is 26.2. The van der Waals surface area contributed by atoms with Gasteiger partial charge in [-0.3, -0.25) is 0 Å². The second-order valence-corrected chi connectivity index (χ2v) is 10.4. The van der Waals surface area contributed by atoms with Gasteiger partial charge in [-0.2, -0.15) is 0 Å². The van der Waals surface area contributed by atoms with Crippen LogP contribution in [0.15, 0.2) is 97.1 Å². The van der Waals surface area contributed by atoms with Gasteiger partial charge in [0.2, 0.25) is 13.6 Å². The minimum absolute atomic E-state index is 0.0218. The number of hydrogen-bond acceptors (Lipinski definition) is 7. The second-order valence-electron chi connectivity index (χ2n) is 10.4. The number of carbonyl (C=O) groups excluding carboxylic acids is 1. The fourth-order valence-electron chi connectivity index (χ4n) is 5.75. The van der Waals surface area contributed by atoms with Crippen molar-refractivity contribution in [1.29, 1.82) is 0 Å². The van der Waals surface area contributed by atoms with Gasteiger partial charge in [0, 0.05) is 23.2 Å². The van der Waals surface area contributed by atoms with Gasteiger partial charge in [0.05, 0.1) is 25.4 Å². The number of carbonyl (C=O) groups is 1. The molecule has 42 heavy (non-hydrogen) atoms. The third kappa shape index (κ3) is 5.44. The Labute approximate surface area is 243 Å². The summed E-state index contributed by atoms with van der Waals surface area (Å²) in [6, 6.07) is 30.5. The molecule has 0 saturated carbocycles. The standard InChI is InChI=1S/C20H18O6.C13H12N2O/c1-3-15-17(25-9-23-15)5-11(1)19-13-7-22-20(14(13)8-21-19)12-2-4-16-18(6-12)26-10-24-16;16-13(14-11-7-3-1-4-8-11)15-12-9-5-2-6-10-12/h1-6,13-14,19-20H,7-10H2;1-10H,(H2,14,15,16). The van der Waals surface area contributed by atoms with Crippen LogP contribution in [0.25, 0.3) is 0 Å². The third-order valence-corrected chi connectivity index (χ3v) is 7.78. The van der Waals surface area contributed by atoms with Crippen LogP contribution in [0, 0.1) is 11.8 Å². The predicted octanol–water partition coefficient (Wildman–Crippen LogP) is 6.55. The molecule has 214 valence electrons. The zero-order valence-corrected chi connectivity index (χ0v) is 22.7. The molecule has 9 nitrogen and oxygen atoms in total. The SMILES string of the molecule is O=C(Nc1ccccc1)Nc1ccccc1.c1cc2c(cc1C1OCC3C(c4ccc5c(c4)OCO5)OCC13)OCO2. The average molecular weight is 567 g/mol. The number of nitrogens with one attached hydrogen (secondary N) is 2. The van der Waals surface area contributed by atoms with Gasteiger partial charge in [-0.15, -0.1) is 0 Å². The molecule has 0 bridgehead atoms. The van der Waals surface area contributed by atoms with Crippen molar-refractivity contribution in [2.75, 3.05) is 37.4 Å². The number of benzene rings is 4. The molecular formula is C33H30N2O7. The molecule has 4 aromatic carbocycles. The van der Waals surface area contributed by atoms with E-state index in [0.717, 1.165) is 45.5 Å². The van der Waals surface area contributed by atoms with E-state index in [4.69, 9.17) is 28.4 Å². The molecule has 0 aromatic heterocycles. The summed E-state index contributed by atoms with van der Waals surface area (Å²) in [5.41, 5.74) is 3.79. The van der Waals surface area contributed by atoms with Gasteiger partial charge < -0.3 is 39.1 Å². The maximum absolute atomic E-state index is 11.6. The number of urea groups is 1. The molecule has 0 aliphatic carbocycles. The molecule has 4 heterocycles. The summed E-state index contributed by atoms with van der Waals surface area (Å²) in [7, 11) is 0. The lowest BCUT2D eigenvalue weighted by molar-refractivity contribution is 0.0192. The van der Waals surface area contributed by atoms with Crippen molar-refractivity contribution >= 4 is 17.4 Å². The summed E-state index contributed by atoms with van der Waals surface area (Å²) in [4.78, 5) is 11.6. The molecule has 4 atom stereocenters. The smallest absolute Gasteiger partial charge is 0.323 e. The van der Waals surface area contributed by atoms with Crippen LogP contribution in [0.3, 0.4) is 0 Å². The van der Waals surface area contributed by atoms with Crippen molar-refractivity contribution in [1.82, 2.24) is 0 Å². The molecule has 2 fully saturated rings. The highest BCUT2D eigenvalue weighted by atomic mass is 16.7. The number of rotatable bonds is 4. The topological polar surface area (TPSA) is 96.5 Å². The molecule has 2 amide bonds. The number of ether oxygens (including phenoxy) is 6. The molecular weight excluding hydrogens is 536 g/mol. The second kappa shape index (κ2) is 11.6. The fourth-order valence-corrected chi connectivity index (χ4v) is 5.75. The molecule has 0 spiro atoms. The summed E-state index contributed by atoms with van der Waals surface area (Å²) >= 11 is 0. The van der Waals surface area contributed by atoms with Crippen molar-refractivity contribution in [3.05, 3.63) is 108 Å². The van der Waals surface area contributed by atoms with Crippen LogP contribution in [0.1, 0.15) is 23.3 Å². The molecule has 4 aliphatic heterocycles. The van der Waals surface area contributed by atoms with Crippen molar-refractivity contribution < 1.29 is 33.2 Å². The van der Waals surface area contributed by atoms with Crippen LogP contribution in [0.4, 0.5) is 16.2 Å². The van der Waals surface area contributed by atoms with Crippen molar-refractivity contribution in [2.24, 2.45) is 11.8 Å². The lowest BCUT2D eigenvalue weighted by Gasteiger charge is -2.17. The van der Waals surface area contributed by atoms with E-state index in [1.54, 1.807) is 0 Å². The van der Waals surface area contributed by atoms with Gasteiger partial charge >= 0.3 is 6.03 Å². The van der Waals surface area contributed by atoms with E-state index in [9.17, 15) is 4.79 Å². The molecule has 9 heteroatoms. The van der Waals surface area contributed by atoms with Gasteiger partial charge in [0.25, 0.3) is 0 Å². The highest BCUT2D eigenvalue weighted by Crippen LogP contribution is 2.52. The van der Waals surface area contributed by atoms with Crippen LogP contribution in [-0.2, 0) is 9.47 Å². The molecule has 4 unspecified atom stereocenters. The fraction of sp³-hybridized carbons (Fsp3) is 0.242. The first-order valence-corrected chi connectivity index (χ1v) is 13.9. The lowest BCUT2D eigenvalue weighted by atomic mass is 9.85. The molecule has 0 radical (unpaired) electrons. The molecule has 4 aliphatic rings. The highest BCUT2D eigenvalue weighted by molar-refractivity contribution is 5.99. The minimum atomic E-state index is -0.239. The Morgan fingerprint density at radius 2 is 0.976 bits per heavy atom. The van der Waals surface area contributed by atoms with Crippen molar-refractivity contribution in [2.45, 2.75) is 12.2 Å². The monoisotopic (exact) mass is 566 g/mol. The van der Waals surface area contributed by atoms with Crippen molar-refractivity contribution in [3.8, 4) is 23.0 Å². The van der Waals surface area contributed by atoms with Crippen molar-refractivity contribution in [3.63, 3.8) is 0 Å². The summed E-state index contributed by atoms with van der Waals surface area (Å²) in [6.45, 7) is 1.93. The maximum Gasteiger partial charge on any atom is 0.323 e. The van der Waals surface area contributed by atoms with Gasteiger partial charge in [-0.25, -0.2) is 4.79 Å². The molecule has 2 N–H and O–H groups in total. The Kier molecular flexibility index (Phi) is 7.25. The Bertz CT molecular complexity index is 1430. The Balaban J connectivity index is 0.000000155. The van der Waals surface area contributed by atoms with E-state index in [1.807, 2.05) is 84.9 Å².